The summed E-state index contributed by atoms with van der Waals surface area (Å²) in [4.78, 5) is 17.5. The molecular weight excluding hydrogens is 270 g/mol. The Bertz CT molecular complexity index is 509. The lowest BCUT2D eigenvalue weighted by atomic mass is 10.1. The molecule has 1 aromatic carbocycles. The smallest absolute Gasteiger partial charge is 0.325 e. The summed E-state index contributed by atoms with van der Waals surface area (Å²) in [6.45, 7) is 0. The van der Waals surface area contributed by atoms with E-state index in [-0.39, 0.29) is 12.1 Å². The van der Waals surface area contributed by atoms with Crippen LogP contribution in [0.1, 0.15) is 5.56 Å². The van der Waals surface area contributed by atoms with Crippen LogP contribution in [0.15, 0.2) is 60.0 Å². The first-order valence-corrected chi connectivity index (χ1v) is 7.03. The third-order valence-electron chi connectivity index (χ3n) is 2.84. The van der Waals surface area contributed by atoms with Crippen LogP contribution >= 0.6 is 12.6 Å². The van der Waals surface area contributed by atoms with E-state index < -0.39 is 0 Å². The molecule has 0 fully saturated rings. The van der Waals surface area contributed by atoms with Gasteiger partial charge in [-0.2, -0.15) is 12.6 Å². The van der Waals surface area contributed by atoms with Crippen molar-refractivity contribution in [3.05, 3.63) is 60.6 Å². The molecule has 0 aromatic heterocycles. The van der Waals surface area contributed by atoms with E-state index in [2.05, 4.69) is 22.9 Å². The lowest BCUT2D eigenvalue weighted by Crippen LogP contribution is -2.42. The van der Waals surface area contributed by atoms with Gasteiger partial charge in [-0.1, -0.05) is 30.3 Å². The predicted molar refractivity (Wildman–Crippen MR) is 84.9 cm³/mol. The molecule has 1 heterocycles. The van der Waals surface area contributed by atoms with E-state index >= 15 is 0 Å². The highest BCUT2D eigenvalue weighted by Crippen LogP contribution is 2.06. The number of allylic oxidation sites excluding steroid dienone is 1. The minimum Gasteiger partial charge on any atom is -0.334 e. The molecule has 2 rings (SSSR count). The first kappa shape index (κ1) is 14.4. The lowest BCUT2D eigenvalue weighted by molar-refractivity contribution is 0.223. The predicted octanol–water partition coefficient (Wildman–Crippen LogP) is 2.61. The molecule has 0 saturated heterocycles. The molecule has 4 nitrogen and oxygen atoms in total. The number of nitrogens with one attached hydrogen (secondary N) is 1. The normalized spacial score (nSPS) is 14.9. The second-order valence-corrected chi connectivity index (χ2v) is 4.73. The Labute approximate surface area is 124 Å². The summed E-state index contributed by atoms with van der Waals surface area (Å²) in [5.74, 6) is 0.582. The minimum absolute atomic E-state index is 0.0146. The van der Waals surface area contributed by atoms with Gasteiger partial charge in [0.15, 0.2) is 0 Å². The molecule has 0 radical (unpaired) electrons. The van der Waals surface area contributed by atoms with E-state index in [1.54, 1.807) is 30.9 Å². The zero-order valence-electron chi connectivity index (χ0n) is 11.0. The summed E-state index contributed by atoms with van der Waals surface area (Å²) in [7, 11) is 0. The number of aliphatic imine (C=N–C) groups is 1. The highest BCUT2D eigenvalue weighted by atomic mass is 32.1. The van der Waals surface area contributed by atoms with Gasteiger partial charge in [-0.05, 0) is 18.1 Å². The highest BCUT2D eigenvalue weighted by Gasteiger charge is 2.14. The number of carbonyl (C=O) groups is 1. The Balaban J connectivity index is 1.94. The van der Waals surface area contributed by atoms with Gasteiger partial charge < -0.3 is 5.32 Å². The monoisotopic (exact) mass is 287 g/mol. The van der Waals surface area contributed by atoms with Gasteiger partial charge in [0.05, 0.1) is 0 Å². The fourth-order valence-corrected chi connectivity index (χ4v) is 2.06. The van der Waals surface area contributed by atoms with Crippen LogP contribution in [0.5, 0.6) is 0 Å². The molecule has 1 aliphatic heterocycles. The van der Waals surface area contributed by atoms with Gasteiger partial charge in [0, 0.05) is 36.6 Å². The van der Waals surface area contributed by atoms with Gasteiger partial charge in [0.25, 0.3) is 0 Å². The average Bonchev–Trinajstić information content (AvgIpc) is 2.76. The van der Waals surface area contributed by atoms with Crippen molar-refractivity contribution >= 4 is 24.9 Å². The molecule has 104 valence electrons. The first-order valence-electron chi connectivity index (χ1n) is 6.40. The van der Waals surface area contributed by atoms with E-state index in [1.807, 2.05) is 30.3 Å². The standard InChI is InChI=1S/C15H17N3OS/c19-15(18-9-4-7-16-8-10-18)17-14(12-20)11-13-5-2-1-3-6-13/h1-10,14,20H,11-12H2,(H,17,19). The van der Waals surface area contributed by atoms with Crippen LogP contribution in [-0.2, 0) is 6.42 Å². The Kier molecular flexibility index (Phi) is 5.43. The molecule has 1 aromatic rings. The number of benzene rings is 1. The molecule has 1 N–H and O–H groups in total. The summed E-state index contributed by atoms with van der Waals surface area (Å²) < 4.78 is 0. The first-order chi connectivity index (χ1) is 9.79. The number of carbonyl (C=O) groups excluding carboxylic acids is 1. The summed E-state index contributed by atoms with van der Waals surface area (Å²) in [6, 6.07) is 9.85. The Morgan fingerprint density at radius 3 is 2.85 bits per heavy atom. The lowest BCUT2D eigenvalue weighted by Gasteiger charge is -2.20. The number of rotatable bonds is 4. The Hall–Kier alpha value is -2.01. The van der Waals surface area contributed by atoms with Crippen molar-refractivity contribution in [2.45, 2.75) is 12.5 Å². The summed E-state index contributed by atoms with van der Waals surface area (Å²) >= 11 is 4.31. The topological polar surface area (TPSA) is 44.7 Å². The molecular formula is C15H17N3OS. The van der Waals surface area contributed by atoms with Crippen molar-refractivity contribution in [3.63, 3.8) is 0 Å². The van der Waals surface area contributed by atoms with Crippen molar-refractivity contribution in [1.82, 2.24) is 10.2 Å². The third-order valence-corrected chi connectivity index (χ3v) is 3.28. The summed E-state index contributed by atoms with van der Waals surface area (Å²) in [5, 5.41) is 2.97. The van der Waals surface area contributed by atoms with E-state index in [9.17, 15) is 4.79 Å². The highest BCUT2D eigenvalue weighted by molar-refractivity contribution is 7.80. The molecule has 0 spiro atoms. The second kappa shape index (κ2) is 7.55. The van der Waals surface area contributed by atoms with Crippen molar-refractivity contribution in [2.24, 2.45) is 4.99 Å². The van der Waals surface area contributed by atoms with Gasteiger partial charge in [-0.25, -0.2) is 4.79 Å². The van der Waals surface area contributed by atoms with Crippen LogP contribution in [-0.4, -0.2) is 28.9 Å². The van der Waals surface area contributed by atoms with E-state index in [1.165, 1.54) is 10.5 Å². The average molecular weight is 287 g/mol. The molecule has 2 amide bonds. The maximum absolute atomic E-state index is 12.1. The van der Waals surface area contributed by atoms with Crippen molar-refractivity contribution < 1.29 is 4.79 Å². The number of hydrogen-bond acceptors (Lipinski definition) is 3. The minimum atomic E-state index is -0.182. The third kappa shape index (κ3) is 4.28. The molecule has 1 unspecified atom stereocenters. The fraction of sp³-hybridized carbons (Fsp3) is 0.200. The zero-order chi connectivity index (χ0) is 14.2. The largest absolute Gasteiger partial charge is 0.334 e. The van der Waals surface area contributed by atoms with E-state index in [4.69, 9.17) is 0 Å². The SMILES string of the molecule is O=C(NC(CS)Cc1ccccc1)N1C=CC=NC=C1. The van der Waals surface area contributed by atoms with Crippen molar-refractivity contribution in [1.29, 1.82) is 0 Å². The Morgan fingerprint density at radius 2 is 2.10 bits per heavy atom. The number of urea groups is 1. The van der Waals surface area contributed by atoms with Crippen LogP contribution in [0.4, 0.5) is 4.79 Å². The van der Waals surface area contributed by atoms with Crippen molar-refractivity contribution in [2.75, 3.05) is 5.75 Å². The van der Waals surface area contributed by atoms with Crippen LogP contribution < -0.4 is 5.32 Å². The molecule has 20 heavy (non-hydrogen) atoms. The molecule has 1 atom stereocenters. The fourth-order valence-electron chi connectivity index (χ4n) is 1.83. The maximum atomic E-state index is 12.1. The van der Waals surface area contributed by atoms with Gasteiger partial charge in [-0.15, -0.1) is 0 Å². The van der Waals surface area contributed by atoms with Gasteiger partial charge in [0.1, 0.15) is 0 Å². The molecule has 0 saturated carbocycles. The summed E-state index contributed by atoms with van der Waals surface area (Å²) in [5.41, 5.74) is 1.18. The van der Waals surface area contributed by atoms with Crippen LogP contribution in [0.3, 0.4) is 0 Å². The second-order valence-electron chi connectivity index (χ2n) is 4.36. The molecule has 0 bridgehead atoms. The van der Waals surface area contributed by atoms with Gasteiger partial charge >= 0.3 is 6.03 Å². The number of hydrogen-bond donors (Lipinski definition) is 2. The summed E-state index contributed by atoms with van der Waals surface area (Å²) in [6.07, 6.45) is 8.96. The molecule has 1 aliphatic rings. The Morgan fingerprint density at radius 1 is 1.30 bits per heavy atom. The maximum Gasteiger partial charge on any atom is 0.325 e. The van der Waals surface area contributed by atoms with Crippen LogP contribution in [0, 0.1) is 0 Å². The van der Waals surface area contributed by atoms with Crippen LogP contribution in [0.25, 0.3) is 0 Å². The van der Waals surface area contributed by atoms with Crippen LogP contribution in [0.2, 0.25) is 0 Å². The van der Waals surface area contributed by atoms with Crippen molar-refractivity contribution in [3.8, 4) is 0 Å². The van der Waals surface area contributed by atoms with Gasteiger partial charge in [-0.3, -0.25) is 9.89 Å². The number of amides is 2. The molecule has 5 heteroatoms. The molecule has 0 aliphatic carbocycles. The zero-order valence-corrected chi connectivity index (χ0v) is 11.9. The quantitative estimate of drug-likeness (QED) is 0.822. The van der Waals surface area contributed by atoms with E-state index in [0.717, 1.165) is 6.42 Å². The number of thiol groups is 1. The number of nitrogens with zero attached hydrogens (tertiary/aromatic N) is 2. The van der Waals surface area contributed by atoms with E-state index in [0.29, 0.717) is 5.75 Å². The van der Waals surface area contributed by atoms with Gasteiger partial charge in [0.2, 0.25) is 0 Å².